The van der Waals surface area contributed by atoms with Crippen LogP contribution in [0.15, 0.2) is 40.6 Å². The summed E-state index contributed by atoms with van der Waals surface area (Å²) in [6.45, 7) is 0. The van der Waals surface area contributed by atoms with Crippen molar-refractivity contribution in [3.63, 3.8) is 0 Å². The molecule has 0 saturated heterocycles. The van der Waals surface area contributed by atoms with Gasteiger partial charge in [0, 0.05) is 29.6 Å². The van der Waals surface area contributed by atoms with Crippen LogP contribution in [0.1, 0.15) is 22.8 Å². The van der Waals surface area contributed by atoms with Gasteiger partial charge in [-0.25, -0.2) is 13.1 Å². The van der Waals surface area contributed by atoms with Crippen molar-refractivity contribution in [1.29, 1.82) is 0 Å². The van der Waals surface area contributed by atoms with Crippen molar-refractivity contribution in [3.05, 3.63) is 46.2 Å². The first kappa shape index (κ1) is 14.9. The van der Waals surface area contributed by atoms with Crippen LogP contribution in [0.4, 0.5) is 5.69 Å². The molecule has 120 valence electrons. The second-order valence-electron chi connectivity index (χ2n) is 6.01. The van der Waals surface area contributed by atoms with Gasteiger partial charge in [0.15, 0.2) is 0 Å². The van der Waals surface area contributed by atoms with Crippen molar-refractivity contribution in [2.75, 3.05) is 11.9 Å². The van der Waals surface area contributed by atoms with Crippen molar-refractivity contribution < 1.29 is 13.2 Å². The van der Waals surface area contributed by atoms with E-state index < -0.39 is 10.0 Å². The topological polar surface area (TPSA) is 66.5 Å². The monoisotopic (exact) mass is 348 g/mol. The molecule has 1 aliphatic heterocycles. The third kappa shape index (κ3) is 2.58. The number of likely N-dealkylation sites (N-methyl/N-ethyl adjacent to an activating group) is 1. The fourth-order valence-electron chi connectivity index (χ4n) is 3.02. The van der Waals surface area contributed by atoms with Gasteiger partial charge < -0.3 is 4.90 Å². The van der Waals surface area contributed by atoms with Crippen molar-refractivity contribution in [2.24, 2.45) is 0 Å². The van der Waals surface area contributed by atoms with Gasteiger partial charge in [-0.15, -0.1) is 11.3 Å². The Bertz CT molecular complexity index is 875. The van der Waals surface area contributed by atoms with Crippen LogP contribution in [0.5, 0.6) is 0 Å². The van der Waals surface area contributed by atoms with E-state index in [1.165, 1.54) is 4.88 Å². The number of hydrogen-bond donors (Lipinski definition) is 1. The highest BCUT2D eigenvalue weighted by Crippen LogP contribution is 2.43. The summed E-state index contributed by atoms with van der Waals surface area (Å²) < 4.78 is 27.9. The van der Waals surface area contributed by atoms with Crippen molar-refractivity contribution in [2.45, 2.75) is 29.7 Å². The molecule has 7 heteroatoms. The van der Waals surface area contributed by atoms with Gasteiger partial charge in [0.05, 0.1) is 11.3 Å². The SMILES string of the molecule is CN1C(=O)Cc2cc(S(=O)(=O)NC3CC3c3cccs3)ccc21. The lowest BCUT2D eigenvalue weighted by Gasteiger charge is -2.11. The van der Waals surface area contributed by atoms with Crippen LogP contribution in [-0.4, -0.2) is 27.4 Å². The fraction of sp³-hybridized carbons (Fsp3) is 0.312. The highest BCUT2D eigenvalue weighted by atomic mass is 32.2. The van der Waals surface area contributed by atoms with Crippen LogP contribution >= 0.6 is 11.3 Å². The van der Waals surface area contributed by atoms with Gasteiger partial charge in [0.1, 0.15) is 0 Å². The Labute approximate surface area is 139 Å². The van der Waals surface area contributed by atoms with Crippen LogP contribution in [-0.2, 0) is 21.2 Å². The maximum atomic E-state index is 12.6. The van der Waals surface area contributed by atoms with E-state index in [1.54, 1.807) is 41.5 Å². The van der Waals surface area contributed by atoms with Gasteiger partial charge in [0.25, 0.3) is 0 Å². The summed E-state index contributed by atoms with van der Waals surface area (Å²) in [5.74, 6) is 0.273. The molecule has 4 rings (SSSR count). The quantitative estimate of drug-likeness (QED) is 0.920. The Kier molecular flexibility index (Phi) is 3.33. The second-order valence-corrected chi connectivity index (χ2v) is 8.70. The number of nitrogens with zero attached hydrogens (tertiary/aromatic N) is 1. The minimum absolute atomic E-state index is 0.0116. The fourth-order valence-corrected chi connectivity index (χ4v) is 5.27. The van der Waals surface area contributed by atoms with E-state index in [1.807, 2.05) is 17.5 Å². The van der Waals surface area contributed by atoms with E-state index in [0.29, 0.717) is 0 Å². The number of rotatable bonds is 4. The number of benzene rings is 1. The normalized spacial score (nSPS) is 23.2. The molecule has 1 aliphatic carbocycles. The molecule has 0 spiro atoms. The summed E-state index contributed by atoms with van der Waals surface area (Å²) >= 11 is 1.66. The molecule has 2 heterocycles. The molecule has 0 bridgehead atoms. The summed E-state index contributed by atoms with van der Waals surface area (Å²) in [6, 6.07) is 8.88. The maximum absolute atomic E-state index is 12.6. The predicted octanol–water partition coefficient (Wildman–Crippen LogP) is 2.10. The van der Waals surface area contributed by atoms with Crippen molar-refractivity contribution in [3.8, 4) is 0 Å². The summed E-state index contributed by atoms with van der Waals surface area (Å²) in [4.78, 5) is 14.7. The van der Waals surface area contributed by atoms with E-state index in [9.17, 15) is 13.2 Å². The average molecular weight is 348 g/mol. The van der Waals surface area contributed by atoms with Crippen LogP contribution < -0.4 is 9.62 Å². The van der Waals surface area contributed by atoms with E-state index >= 15 is 0 Å². The molecule has 5 nitrogen and oxygen atoms in total. The number of thiophene rings is 1. The molecule has 0 radical (unpaired) electrons. The molecule has 2 unspecified atom stereocenters. The lowest BCUT2D eigenvalue weighted by atomic mass is 10.2. The lowest BCUT2D eigenvalue weighted by molar-refractivity contribution is -0.117. The lowest BCUT2D eigenvalue weighted by Crippen LogP contribution is -2.26. The van der Waals surface area contributed by atoms with E-state index in [2.05, 4.69) is 4.72 Å². The summed E-state index contributed by atoms with van der Waals surface area (Å²) in [5, 5.41) is 2.01. The predicted molar refractivity (Wildman–Crippen MR) is 89.3 cm³/mol. The highest BCUT2D eigenvalue weighted by molar-refractivity contribution is 7.89. The summed E-state index contributed by atoms with van der Waals surface area (Å²) in [6.07, 6.45) is 1.10. The average Bonchev–Trinajstić information content (AvgIpc) is 2.95. The number of nitrogens with one attached hydrogen (secondary N) is 1. The van der Waals surface area contributed by atoms with Gasteiger partial charge in [-0.3, -0.25) is 4.79 Å². The van der Waals surface area contributed by atoms with Crippen LogP contribution in [0.2, 0.25) is 0 Å². The third-order valence-corrected chi connectivity index (χ3v) is 6.94. The zero-order valence-corrected chi connectivity index (χ0v) is 14.2. The zero-order chi connectivity index (χ0) is 16.2. The third-order valence-electron chi connectivity index (χ3n) is 4.44. The molecule has 1 N–H and O–H groups in total. The van der Waals surface area contributed by atoms with Crippen LogP contribution in [0.3, 0.4) is 0 Å². The number of carbonyl (C=O) groups is 1. The zero-order valence-electron chi connectivity index (χ0n) is 12.5. The first-order valence-corrected chi connectivity index (χ1v) is 9.77. The van der Waals surface area contributed by atoms with Crippen LogP contribution in [0.25, 0.3) is 0 Å². The molecule has 2 aliphatic rings. The molecule has 1 aromatic heterocycles. The number of carbonyl (C=O) groups excluding carboxylic acids is 1. The standard InChI is InChI=1S/C16H16N2O3S2/c1-18-14-5-4-11(7-10(14)8-16(18)19)23(20,21)17-13-9-12(13)15-3-2-6-22-15/h2-7,12-13,17H,8-9H2,1H3. The number of amides is 1. The smallest absolute Gasteiger partial charge is 0.240 e. The van der Waals surface area contributed by atoms with Crippen molar-refractivity contribution in [1.82, 2.24) is 4.72 Å². The summed E-state index contributed by atoms with van der Waals surface area (Å²) in [7, 11) is -1.85. The van der Waals surface area contributed by atoms with Gasteiger partial charge in [-0.2, -0.15) is 0 Å². The minimum Gasteiger partial charge on any atom is -0.315 e. The molecule has 23 heavy (non-hydrogen) atoms. The van der Waals surface area contributed by atoms with Crippen LogP contribution in [0, 0.1) is 0 Å². The maximum Gasteiger partial charge on any atom is 0.240 e. The molecule has 1 saturated carbocycles. The molecular weight excluding hydrogens is 332 g/mol. The Morgan fingerprint density at radius 3 is 2.87 bits per heavy atom. The van der Waals surface area contributed by atoms with Gasteiger partial charge in [-0.05, 0) is 41.6 Å². The first-order chi connectivity index (χ1) is 11.0. The van der Waals surface area contributed by atoms with E-state index in [0.717, 1.165) is 17.7 Å². The number of anilines is 1. The first-order valence-electron chi connectivity index (χ1n) is 7.41. The van der Waals surface area contributed by atoms with Gasteiger partial charge in [0.2, 0.25) is 15.9 Å². The van der Waals surface area contributed by atoms with Crippen molar-refractivity contribution >= 4 is 33.0 Å². The minimum atomic E-state index is -3.55. The molecule has 1 amide bonds. The molecule has 2 atom stereocenters. The number of sulfonamides is 1. The second kappa shape index (κ2) is 5.15. The molecule has 1 fully saturated rings. The Morgan fingerprint density at radius 1 is 1.30 bits per heavy atom. The number of hydrogen-bond acceptors (Lipinski definition) is 4. The largest absolute Gasteiger partial charge is 0.315 e. The van der Waals surface area contributed by atoms with E-state index in [4.69, 9.17) is 0 Å². The van der Waals surface area contributed by atoms with Gasteiger partial charge in [-0.1, -0.05) is 6.07 Å². The highest BCUT2D eigenvalue weighted by Gasteiger charge is 2.42. The van der Waals surface area contributed by atoms with Gasteiger partial charge >= 0.3 is 0 Å². The Balaban J connectivity index is 1.54. The summed E-state index contributed by atoms with van der Waals surface area (Å²) in [5.41, 5.74) is 1.56. The van der Waals surface area contributed by atoms with E-state index in [-0.39, 0.29) is 29.2 Å². The molecule has 2 aromatic rings. The molecular formula is C16H16N2O3S2. The Morgan fingerprint density at radius 2 is 2.13 bits per heavy atom. The number of fused-ring (bicyclic) bond motifs is 1. The Hall–Kier alpha value is -1.70. The molecule has 1 aromatic carbocycles.